The topological polar surface area (TPSA) is 102 Å². The lowest BCUT2D eigenvalue weighted by molar-refractivity contribution is -0.134. The van der Waals surface area contributed by atoms with Crippen LogP contribution in [0.1, 0.15) is 24.5 Å². The molecule has 1 atom stereocenters. The molecule has 0 radical (unpaired) electrons. The van der Waals surface area contributed by atoms with E-state index in [1.807, 2.05) is 6.92 Å². The van der Waals surface area contributed by atoms with E-state index in [4.69, 9.17) is 10.5 Å². The minimum Gasteiger partial charge on any atom is -0.496 e. The van der Waals surface area contributed by atoms with Crippen LogP contribution in [-0.4, -0.2) is 36.4 Å². The predicted octanol–water partition coefficient (Wildman–Crippen LogP) is 0.646. The lowest BCUT2D eigenvalue weighted by Gasteiger charge is -2.26. The van der Waals surface area contributed by atoms with Crippen molar-refractivity contribution in [2.75, 3.05) is 13.7 Å². The smallest absolute Gasteiger partial charge is 0.325 e. The first-order valence-electron chi connectivity index (χ1n) is 6.93. The number of benzene rings is 1. The standard InChI is InChI=1S/C15H19N3O4/c1-4-15(10-5-6-11(22-3)9(2)7-10)13(20)18(8-12(16)19)14(21)17-15/h5-7H,4,8H2,1-3H3,(H2,16,19)(H,17,21). The van der Waals surface area contributed by atoms with Gasteiger partial charge in [-0.2, -0.15) is 0 Å². The highest BCUT2D eigenvalue weighted by Gasteiger charge is 2.51. The molecular weight excluding hydrogens is 286 g/mol. The minimum atomic E-state index is -1.18. The van der Waals surface area contributed by atoms with Crippen molar-refractivity contribution < 1.29 is 19.1 Å². The summed E-state index contributed by atoms with van der Waals surface area (Å²) in [4.78, 5) is 36.6. The third-order valence-electron chi connectivity index (χ3n) is 3.91. The summed E-state index contributed by atoms with van der Waals surface area (Å²) in [7, 11) is 1.56. The molecule has 0 saturated carbocycles. The summed E-state index contributed by atoms with van der Waals surface area (Å²) in [5, 5.41) is 2.69. The summed E-state index contributed by atoms with van der Waals surface area (Å²) < 4.78 is 5.21. The molecule has 0 aliphatic carbocycles. The van der Waals surface area contributed by atoms with Gasteiger partial charge in [-0.05, 0) is 36.6 Å². The summed E-state index contributed by atoms with van der Waals surface area (Å²) in [5.41, 5.74) is 5.42. The number of nitrogens with zero attached hydrogens (tertiary/aromatic N) is 1. The van der Waals surface area contributed by atoms with Crippen LogP contribution in [0.3, 0.4) is 0 Å². The molecule has 2 rings (SSSR count). The fourth-order valence-electron chi connectivity index (χ4n) is 2.71. The Morgan fingerprint density at radius 3 is 2.59 bits per heavy atom. The first-order valence-corrected chi connectivity index (χ1v) is 6.93. The van der Waals surface area contributed by atoms with E-state index in [0.29, 0.717) is 17.7 Å². The molecule has 7 nitrogen and oxygen atoms in total. The Morgan fingerprint density at radius 2 is 2.09 bits per heavy atom. The second-order valence-electron chi connectivity index (χ2n) is 5.23. The van der Waals surface area contributed by atoms with Gasteiger partial charge in [-0.3, -0.25) is 14.5 Å². The molecule has 1 aliphatic rings. The molecule has 0 spiro atoms. The van der Waals surface area contributed by atoms with Gasteiger partial charge in [-0.15, -0.1) is 0 Å². The van der Waals surface area contributed by atoms with Crippen LogP contribution in [0, 0.1) is 6.92 Å². The van der Waals surface area contributed by atoms with E-state index in [1.54, 1.807) is 32.2 Å². The minimum absolute atomic E-state index is 0.360. The Hall–Kier alpha value is -2.57. The number of amides is 4. The molecule has 3 N–H and O–H groups in total. The third kappa shape index (κ3) is 2.38. The van der Waals surface area contributed by atoms with Crippen LogP contribution in [0.2, 0.25) is 0 Å². The number of hydrogen-bond acceptors (Lipinski definition) is 4. The summed E-state index contributed by atoms with van der Waals surface area (Å²) >= 11 is 0. The molecule has 7 heteroatoms. The zero-order valence-electron chi connectivity index (χ0n) is 12.8. The van der Waals surface area contributed by atoms with E-state index >= 15 is 0 Å². The molecule has 1 unspecified atom stereocenters. The number of primary amides is 1. The number of nitrogens with one attached hydrogen (secondary N) is 1. The number of carbonyl (C=O) groups is 3. The first kappa shape index (κ1) is 15.8. The number of methoxy groups -OCH3 is 1. The van der Waals surface area contributed by atoms with Gasteiger partial charge in [0.15, 0.2) is 0 Å². The Labute approximate surface area is 128 Å². The number of carbonyl (C=O) groups excluding carboxylic acids is 3. The monoisotopic (exact) mass is 305 g/mol. The van der Waals surface area contributed by atoms with Crippen LogP contribution in [0.15, 0.2) is 18.2 Å². The number of hydrogen-bond donors (Lipinski definition) is 2. The van der Waals surface area contributed by atoms with E-state index in [0.717, 1.165) is 10.5 Å². The van der Waals surface area contributed by atoms with Gasteiger partial charge in [0.25, 0.3) is 5.91 Å². The van der Waals surface area contributed by atoms with Crippen molar-refractivity contribution in [3.8, 4) is 5.75 Å². The van der Waals surface area contributed by atoms with Crippen molar-refractivity contribution in [2.45, 2.75) is 25.8 Å². The first-order chi connectivity index (χ1) is 10.4. The molecule has 0 bridgehead atoms. The lowest BCUT2D eigenvalue weighted by Crippen LogP contribution is -2.44. The zero-order chi connectivity index (χ0) is 16.5. The Bertz CT molecular complexity index is 644. The van der Waals surface area contributed by atoms with Gasteiger partial charge in [0.1, 0.15) is 17.8 Å². The van der Waals surface area contributed by atoms with Crippen molar-refractivity contribution in [1.82, 2.24) is 10.2 Å². The molecule has 0 aromatic heterocycles. The molecule has 1 saturated heterocycles. The fourth-order valence-corrected chi connectivity index (χ4v) is 2.71. The highest BCUT2D eigenvalue weighted by Crippen LogP contribution is 2.34. The highest BCUT2D eigenvalue weighted by atomic mass is 16.5. The molecule has 1 fully saturated rings. The van der Waals surface area contributed by atoms with Gasteiger partial charge in [0.2, 0.25) is 5.91 Å². The maximum absolute atomic E-state index is 12.7. The largest absolute Gasteiger partial charge is 0.496 e. The van der Waals surface area contributed by atoms with Gasteiger partial charge in [-0.1, -0.05) is 13.0 Å². The van der Waals surface area contributed by atoms with Crippen molar-refractivity contribution in [1.29, 1.82) is 0 Å². The van der Waals surface area contributed by atoms with Gasteiger partial charge < -0.3 is 15.8 Å². The zero-order valence-corrected chi connectivity index (χ0v) is 12.8. The third-order valence-corrected chi connectivity index (χ3v) is 3.91. The van der Waals surface area contributed by atoms with E-state index in [2.05, 4.69) is 5.32 Å². The van der Waals surface area contributed by atoms with E-state index in [9.17, 15) is 14.4 Å². The number of urea groups is 1. The molecule has 22 heavy (non-hydrogen) atoms. The Morgan fingerprint density at radius 1 is 1.41 bits per heavy atom. The summed E-state index contributed by atoms with van der Waals surface area (Å²) in [6.45, 7) is 3.22. The second-order valence-corrected chi connectivity index (χ2v) is 5.23. The Kier molecular flexibility index (Phi) is 4.07. The Balaban J connectivity index is 2.46. The van der Waals surface area contributed by atoms with Crippen LogP contribution in [0.5, 0.6) is 5.75 Å². The molecule has 118 valence electrons. The lowest BCUT2D eigenvalue weighted by atomic mass is 9.86. The number of nitrogens with two attached hydrogens (primary N) is 1. The fraction of sp³-hybridized carbons (Fsp3) is 0.400. The quantitative estimate of drug-likeness (QED) is 0.780. The SMILES string of the molecule is CCC1(c2ccc(OC)c(C)c2)NC(=O)N(CC(N)=O)C1=O. The van der Waals surface area contributed by atoms with Gasteiger partial charge >= 0.3 is 6.03 Å². The normalized spacial score (nSPS) is 21.0. The maximum Gasteiger partial charge on any atom is 0.325 e. The second kappa shape index (κ2) is 5.67. The summed E-state index contributed by atoms with van der Waals surface area (Å²) in [6.07, 6.45) is 0.360. The van der Waals surface area contributed by atoms with E-state index < -0.39 is 29.9 Å². The van der Waals surface area contributed by atoms with Gasteiger partial charge in [-0.25, -0.2) is 4.79 Å². The maximum atomic E-state index is 12.7. The van der Waals surface area contributed by atoms with E-state index in [-0.39, 0.29) is 0 Å². The molecule has 1 heterocycles. The van der Waals surface area contributed by atoms with Crippen LogP contribution >= 0.6 is 0 Å². The molecule has 4 amide bonds. The van der Waals surface area contributed by atoms with Crippen molar-refractivity contribution >= 4 is 17.8 Å². The molecule has 1 aromatic rings. The van der Waals surface area contributed by atoms with Crippen LogP contribution in [0.4, 0.5) is 4.79 Å². The summed E-state index contributed by atoms with van der Waals surface area (Å²) in [6, 6.07) is 4.67. The van der Waals surface area contributed by atoms with Crippen molar-refractivity contribution in [3.05, 3.63) is 29.3 Å². The van der Waals surface area contributed by atoms with Crippen LogP contribution < -0.4 is 15.8 Å². The summed E-state index contributed by atoms with van der Waals surface area (Å²) in [5.74, 6) is -0.509. The number of imide groups is 1. The van der Waals surface area contributed by atoms with Crippen LogP contribution in [0.25, 0.3) is 0 Å². The van der Waals surface area contributed by atoms with E-state index in [1.165, 1.54) is 0 Å². The predicted molar refractivity (Wildman–Crippen MR) is 79.1 cm³/mol. The molecule has 1 aliphatic heterocycles. The van der Waals surface area contributed by atoms with Crippen molar-refractivity contribution in [2.24, 2.45) is 5.73 Å². The molecular formula is C15H19N3O4. The van der Waals surface area contributed by atoms with Gasteiger partial charge in [0, 0.05) is 0 Å². The van der Waals surface area contributed by atoms with Crippen LogP contribution in [-0.2, 0) is 15.1 Å². The molecule has 1 aromatic carbocycles. The van der Waals surface area contributed by atoms with Gasteiger partial charge in [0.05, 0.1) is 7.11 Å². The number of rotatable bonds is 5. The number of ether oxygens (including phenoxy) is 1. The average Bonchev–Trinajstić information content (AvgIpc) is 2.72. The average molecular weight is 305 g/mol. The van der Waals surface area contributed by atoms with Crippen molar-refractivity contribution in [3.63, 3.8) is 0 Å². The highest BCUT2D eigenvalue weighted by molar-refractivity contribution is 6.09. The number of aryl methyl sites for hydroxylation is 1.